The van der Waals surface area contributed by atoms with Crippen LogP contribution in [0.4, 0.5) is 5.69 Å². The molecular weight excluding hydrogens is 348 g/mol. The molecule has 1 aromatic carbocycles. The largest absolute Gasteiger partial charge is 0.508 e. The Hall–Kier alpha value is -2.71. The first-order chi connectivity index (χ1) is 11.6. The van der Waals surface area contributed by atoms with Gasteiger partial charge in [0.15, 0.2) is 12.3 Å². The van der Waals surface area contributed by atoms with Gasteiger partial charge in [0.25, 0.3) is 5.91 Å². The van der Waals surface area contributed by atoms with Crippen LogP contribution in [-0.4, -0.2) is 28.6 Å². The number of anilines is 1. The van der Waals surface area contributed by atoms with Crippen molar-refractivity contribution in [2.24, 2.45) is 0 Å². The van der Waals surface area contributed by atoms with Crippen molar-refractivity contribution in [1.82, 2.24) is 4.98 Å². The van der Waals surface area contributed by atoms with Crippen LogP contribution < -0.4 is 5.32 Å². The SMILES string of the molecule is O=C(COC(=O)c1csc(-c2ccsc2)n1)Nc1ccc(O)cc1. The standard InChI is InChI=1S/C16H12N2O4S2/c19-12-3-1-11(2-4-12)17-14(20)7-22-16(21)13-9-24-15(18-13)10-5-6-23-8-10/h1-6,8-9,19H,7H2,(H,17,20). The van der Waals surface area contributed by atoms with E-state index in [1.54, 1.807) is 28.8 Å². The average molecular weight is 360 g/mol. The molecule has 8 heteroatoms. The van der Waals surface area contributed by atoms with Gasteiger partial charge in [0, 0.05) is 22.0 Å². The van der Waals surface area contributed by atoms with Crippen LogP contribution in [0.2, 0.25) is 0 Å². The van der Waals surface area contributed by atoms with Crippen LogP contribution in [0.3, 0.4) is 0 Å². The number of aromatic hydroxyl groups is 1. The van der Waals surface area contributed by atoms with Crippen LogP contribution >= 0.6 is 22.7 Å². The lowest BCUT2D eigenvalue weighted by atomic mass is 10.3. The molecule has 0 atom stereocenters. The Morgan fingerprint density at radius 2 is 1.96 bits per heavy atom. The normalized spacial score (nSPS) is 10.3. The molecule has 6 nitrogen and oxygen atoms in total. The second-order valence-corrected chi connectivity index (χ2v) is 6.36. The number of carbonyl (C=O) groups excluding carboxylic acids is 2. The molecule has 0 unspecified atom stereocenters. The zero-order valence-corrected chi connectivity index (χ0v) is 13.9. The lowest BCUT2D eigenvalue weighted by molar-refractivity contribution is -0.119. The fourth-order valence-corrected chi connectivity index (χ4v) is 3.33. The molecule has 122 valence electrons. The van der Waals surface area contributed by atoms with E-state index in [9.17, 15) is 14.7 Å². The molecule has 0 aliphatic heterocycles. The molecule has 3 rings (SSSR count). The highest BCUT2D eigenvalue weighted by atomic mass is 32.1. The number of phenols is 1. The van der Waals surface area contributed by atoms with Crippen LogP contribution in [-0.2, 0) is 9.53 Å². The van der Waals surface area contributed by atoms with Gasteiger partial charge in [0.05, 0.1) is 0 Å². The van der Waals surface area contributed by atoms with Crippen molar-refractivity contribution in [2.75, 3.05) is 11.9 Å². The lowest BCUT2D eigenvalue weighted by Gasteiger charge is -2.05. The highest BCUT2D eigenvalue weighted by molar-refractivity contribution is 7.14. The summed E-state index contributed by atoms with van der Waals surface area (Å²) in [5, 5.41) is 17.9. The summed E-state index contributed by atoms with van der Waals surface area (Å²) in [5.74, 6) is -1.01. The van der Waals surface area contributed by atoms with Crippen molar-refractivity contribution in [3.05, 3.63) is 52.2 Å². The number of ether oxygens (including phenoxy) is 1. The first-order valence-electron chi connectivity index (χ1n) is 6.86. The number of aromatic nitrogens is 1. The van der Waals surface area contributed by atoms with Gasteiger partial charge in [-0.15, -0.1) is 11.3 Å². The summed E-state index contributed by atoms with van der Waals surface area (Å²) in [4.78, 5) is 27.9. The Morgan fingerprint density at radius 3 is 2.67 bits per heavy atom. The minimum absolute atomic E-state index is 0.101. The highest BCUT2D eigenvalue weighted by Gasteiger charge is 2.15. The van der Waals surface area contributed by atoms with Gasteiger partial charge in [-0.1, -0.05) is 0 Å². The molecule has 2 aromatic heterocycles. The molecule has 0 fully saturated rings. The van der Waals surface area contributed by atoms with E-state index in [2.05, 4.69) is 10.3 Å². The van der Waals surface area contributed by atoms with Gasteiger partial charge in [-0.3, -0.25) is 4.79 Å². The summed E-state index contributed by atoms with van der Waals surface area (Å²) in [5.41, 5.74) is 1.63. The van der Waals surface area contributed by atoms with E-state index < -0.39 is 18.5 Å². The molecule has 0 saturated heterocycles. The maximum Gasteiger partial charge on any atom is 0.358 e. The number of amides is 1. The van der Waals surface area contributed by atoms with Crippen LogP contribution in [0.1, 0.15) is 10.5 Å². The third-order valence-corrected chi connectivity index (χ3v) is 4.54. The maximum atomic E-state index is 11.9. The fourth-order valence-electron chi connectivity index (χ4n) is 1.83. The van der Waals surface area contributed by atoms with E-state index in [0.29, 0.717) is 5.69 Å². The van der Waals surface area contributed by atoms with Crippen molar-refractivity contribution >= 4 is 40.2 Å². The van der Waals surface area contributed by atoms with E-state index in [-0.39, 0.29) is 11.4 Å². The number of nitrogens with zero attached hydrogens (tertiary/aromatic N) is 1. The number of rotatable bonds is 5. The van der Waals surface area contributed by atoms with Crippen molar-refractivity contribution in [3.8, 4) is 16.3 Å². The van der Waals surface area contributed by atoms with Crippen molar-refractivity contribution in [3.63, 3.8) is 0 Å². The minimum atomic E-state index is -0.645. The molecule has 0 saturated carbocycles. The maximum absolute atomic E-state index is 11.9. The summed E-state index contributed by atoms with van der Waals surface area (Å²) < 4.78 is 4.96. The van der Waals surface area contributed by atoms with Gasteiger partial charge in [-0.2, -0.15) is 11.3 Å². The first-order valence-corrected chi connectivity index (χ1v) is 8.68. The molecule has 2 heterocycles. The smallest absolute Gasteiger partial charge is 0.358 e. The molecule has 1 amide bonds. The third kappa shape index (κ3) is 3.98. The van der Waals surface area contributed by atoms with Crippen molar-refractivity contribution in [2.45, 2.75) is 0 Å². The minimum Gasteiger partial charge on any atom is -0.508 e. The number of benzene rings is 1. The van der Waals surface area contributed by atoms with E-state index in [1.165, 1.54) is 23.5 Å². The molecule has 0 bridgehead atoms. The Balaban J connectivity index is 1.53. The second kappa shape index (κ2) is 7.24. The highest BCUT2D eigenvalue weighted by Crippen LogP contribution is 2.25. The summed E-state index contributed by atoms with van der Waals surface area (Å²) in [7, 11) is 0. The number of nitrogens with one attached hydrogen (secondary N) is 1. The van der Waals surface area contributed by atoms with Gasteiger partial charge in [-0.25, -0.2) is 9.78 Å². The molecule has 0 radical (unpaired) electrons. The van der Waals surface area contributed by atoms with Gasteiger partial charge >= 0.3 is 5.97 Å². The number of thiazole rings is 1. The number of phenolic OH excluding ortho intramolecular Hbond substituents is 1. The summed E-state index contributed by atoms with van der Waals surface area (Å²) in [6.07, 6.45) is 0. The molecule has 3 aromatic rings. The molecule has 0 aliphatic carbocycles. The van der Waals surface area contributed by atoms with Gasteiger partial charge in [0.2, 0.25) is 0 Å². The molecule has 0 aliphatic rings. The predicted octanol–water partition coefficient (Wildman–Crippen LogP) is 3.37. The average Bonchev–Trinajstić information content (AvgIpc) is 3.25. The second-order valence-electron chi connectivity index (χ2n) is 4.72. The van der Waals surface area contributed by atoms with Gasteiger partial charge in [-0.05, 0) is 35.7 Å². The monoisotopic (exact) mass is 360 g/mol. The topological polar surface area (TPSA) is 88.5 Å². The Morgan fingerprint density at radius 1 is 1.17 bits per heavy atom. The quantitative estimate of drug-likeness (QED) is 0.538. The number of carbonyl (C=O) groups is 2. The molecule has 24 heavy (non-hydrogen) atoms. The summed E-state index contributed by atoms with van der Waals surface area (Å²) >= 11 is 2.89. The Kier molecular flexibility index (Phi) is 4.88. The Labute approximate surface area is 145 Å². The van der Waals surface area contributed by atoms with Gasteiger partial charge in [0.1, 0.15) is 10.8 Å². The van der Waals surface area contributed by atoms with Crippen LogP contribution in [0, 0.1) is 0 Å². The number of thiophene rings is 1. The number of hydrogen-bond donors (Lipinski definition) is 2. The number of esters is 1. The summed E-state index contributed by atoms with van der Waals surface area (Å²) in [6, 6.07) is 7.90. The van der Waals surface area contributed by atoms with Crippen LogP contribution in [0.5, 0.6) is 5.75 Å². The van der Waals surface area contributed by atoms with E-state index >= 15 is 0 Å². The van der Waals surface area contributed by atoms with Gasteiger partial charge < -0.3 is 15.2 Å². The lowest BCUT2D eigenvalue weighted by Crippen LogP contribution is -2.21. The zero-order chi connectivity index (χ0) is 16.9. The molecular formula is C16H12N2O4S2. The van der Waals surface area contributed by atoms with E-state index in [0.717, 1.165) is 10.6 Å². The third-order valence-electron chi connectivity index (χ3n) is 2.97. The van der Waals surface area contributed by atoms with E-state index in [4.69, 9.17) is 4.74 Å². The molecule has 2 N–H and O–H groups in total. The van der Waals surface area contributed by atoms with Crippen LogP contribution in [0.25, 0.3) is 10.6 Å². The number of hydrogen-bond acceptors (Lipinski definition) is 7. The summed E-state index contributed by atoms with van der Waals surface area (Å²) in [6.45, 7) is -0.412. The van der Waals surface area contributed by atoms with E-state index in [1.807, 2.05) is 16.8 Å². The fraction of sp³-hybridized carbons (Fsp3) is 0.0625. The first kappa shape index (κ1) is 16.2. The zero-order valence-electron chi connectivity index (χ0n) is 12.3. The Bertz CT molecular complexity index is 841. The molecule has 0 spiro atoms. The van der Waals surface area contributed by atoms with Crippen LogP contribution in [0.15, 0.2) is 46.5 Å². The predicted molar refractivity (Wildman–Crippen MR) is 92.4 cm³/mol. The van der Waals surface area contributed by atoms with Crippen molar-refractivity contribution in [1.29, 1.82) is 0 Å². The van der Waals surface area contributed by atoms with Crippen molar-refractivity contribution < 1.29 is 19.4 Å².